The Morgan fingerprint density at radius 2 is 1.73 bits per heavy atom. The van der Waals surface area contributed by atoms with Crippen LogP contribution in [0.25, 0.3) is 0 Å². The molecule has 1 aromatic rings. The van der Waals surface area contributed by atoms with Crippen molar-refractivity contribution in [2.75, 3.05) is 24.3 Å². The Balaban J connectivity index is 2.73. The Bertz CT molecular complexity index is 371. The van der Waals surface area contributed by atoms with Gasteiger partial charge in [0.25, 0.3) is 0 Å². The van der Waals surface area contributed by atoms with Gasteiger partial charge >= 0.3 is 11.8 Å². The van der Waals surface area contributed by atoms with Crippen LogP contribution >= 0.6 is 0 Å². The smallest absolute Gasteiger partial charge is 0.313 e. The van der Waals surface area contributed by atoms with Crippen LogP contribution in [-0.4, -0.2) is 25.9 Å². The topological polar surface area (TPSA) is 75.4 Å². The number of nitrogens with zero attached hydrogens (tertiary/aromatic N) is 1. The first-order valence-electron chi connectivity index (χ1n) is 4.39. The zero-order valence-electron chi connectivity index (χ0n) is 8.65. The molecule has 0 saturated carbocycles. The number of anilines is 2. The summed E-state index contributed by atoms with van der Waals surface area (Å²) in [6, 6.07) is 7.07. The van der Waals surface area contributed by atoms with Gasteiger partial charge in [0.05, 0.1) is 0 Å². The van der Waals surface area contributed by atoms with Crippen molar-refractivity contribution in [2.45, 2.75) is 0 Å². The Morgan fingerprint density at radius 1 is 1.20 bits per heavy atom. The Hall–Kier alpha value is -2.04. The molecule has 0 unspecified atom stereocenters. The van der Waals surface area contributed by atoms with Gasteiger partial charge in [0.1, 0.15) is 0 Å². The molecule has 0 fully saturated rings. The number of hydrogen-bond acceptors (Lipinski definition) is 3. The van der Waals surface area contributed by atoms with E-state index < -0.39 is 11.8 Å². The lowest BCUT2D eigenvalue weighted by atomic mass is 10.2. The van der Waals surface area contributed by atoms with Crippen molar-refractivity contribution in [3.05, 3.63) is 24.3 Å². The Morgan fingerprint density at radius 3 is 2.13 bits per heavy atom. The van der Waals surface area contributed by atoms with Crippen LogP contribution in [0.15, 0.2) is 24.3 Å². The molecule has 0 atom stereocenters. The van der Waals surface area contributed by atoms with Gasteiger partial charge in [0.15, 0.2) is 0 Å². The molecule has 5 heteroatoms. The molecule has 3 N–H and O–H groups in total. The third-order valence-electron chi connectivity index (χ3n) is 1.87. The highest BCUT2D eigenvalue weighted by Gasteiger charge is 2.08. The molecule has 1 rings (SSSR count). The van der Waals surface area contributed by atoms with E-state index in [0.717, 1.165) is 5.69 Å². The molecular formula is C10H13N3O2. The van der Waals surface area contributed by atoms with Gasteiger partial charge in [-0.2, -0.15) is 0 Å². The average molecular weight is 207 g/mol. The summed E-state index contributed by atoms with van der Waals surface area (Å²) in [5.41, 5.74) is 6.36. The molecule has 0 aromatic heterocycles. The Kier molecular flexibility index (Phi) is 3.28. The first-order chi connectivity index (χ1) is 7.00. The van der Waals surface area contributed by atoms with Gasteiger partial charge in [-0.1, -0.05) is 0 Å². The minimum absolute atomic E-state index is 0.546. The molecule has 0 aliphatic heterocycles. The van der Waals surface area contributed by atoms with Crippen LogP contribution in [0.3, 0.4) is 0 Å². The largest absolute Gasteiger partial charge is 0.378 e. The van der Waals surface area contributed by atoms with Gasteiger partial charge in [-0.25, -0.2) is 0 Å². The van der Waals surface area contributed by atoms with E-state index in [1.54, 1.807) is 12.1 Å². The van der Waals surface area contributed by atoms with Gasteiger partial charge < -0.3 is 16.0 Å². The van der Waals surface area contributed by atoms with E-state index in [1.807, 2.05) is 31.1 Å². The van der Waals surface area contributed by atoms with Crippen molar-refractivity contribution in [3.63, 3.8) is 0 Å². The summed E-state index contributed by atoms with van der Waals surface area (Å²) in [6.07, 6.45) is 0. The average Bonchev–Trinajstić information content (AvgIpc) is 2.18. The number of nitrogens with two attached hydrogens (primary N) is 1. The molecule has 5 nitrogen and oxygen atoms in total. The predicted molar refractivity (Wildman–Crippen MR) is 58.6 cm³/mol. The number of amides is 2. The molecule has 1 aromatic carbocycles. The van der Waals surface area contributed by atoms with Crippen LogP contribution in [0.2, 0.25) is 0 Å². The van der Waals surface area contributed by atoms with Crippen molar-refractivity contribution < 1.29 is 9.59 Å². The lowest BCUT2D eigenvalue weighted by Gasteiger charge is -2.12. The second-order valence-corrected chi connectivity index (χ2v) is 3.26. The monoisotopic (exact) mass is 207 g/mol. The number of carbonyl (C=O) groups excluding carboxylic acids is 2. The molecule has 0 heterocycles. The van der Waals surface area contributed by atoms with Crippen molar-refractivity contribution in [2.24, 2.45) is 5.73 Å². The maximum absolute atomic E-state index is 10.9. The highest BCUT2D eigenvalue weighted by molar-refractivity contribution is 6.39. The zero-order valence-corrected chi connectivity index (χ0v) is 8.65. The van der Waals surface area contributed by atoms with E-state index in [2.05, 4.69) is 5.32 Å². The van der Waals surface area contributed by atoms with E-state index in [9.17, 15) is 9.59 Å². The van der Waals surface area contributed by atoms with Gasteiger partial charge in [-0.15, -0.1) is 0 Å². The van der Waals surface area contributed by atoms with Crippen molar-refractivity contribution in [1.29, 1.82) is 0 Å². The maximum Gasteiger partial charge on any atom is 0.313 e. The van der Waals surface area contributed by atoms with Crippen LogP contribution in [-0.2, 0) is 9.59 Å². The van der Waals surface area contributed by atoms with Crippen LogP contribution in [0.4, 0.5) is 11.4 Å². The van der Waals surface area contributed by atoms with E-state index in [4.69, 9.17) is 5.73 Å². The number of benzene rings is 1. The van der Waals surface area contributed by atoms with E-state index in [0.29, 0.717) is 5.69 Å². The van der Waals surface area contributed by atoms with Gasteiger partial charge in [-0.3, -0.25) is 9.59 Å². The minimum Gasteiger partial charge on any atom is -0.378 e. The second-order valence-electron chi connectivity index (χ2n) is 3.26. The standard InChI is InChI=1S/C10H13N3O2/c1-13(2)8-5-3-7(4-6-8)12-10(15)9(11)14/h3-6H,1-2H3,(H2,11,14)(H,12,15). The molecule has 80 valence electrons. The summed E-state index contributed by atoms with van der Waals surface area (Å²) in [5.74, 6) is -1.81. The predicted octanol–water partition coefficient (Wildman–Crippen LogP) is 0.176. The molecule has 15 heavy (non-hydrogen) atoms. The summed E-state index contributed by atoms with van der Waals surface area (Å²) in [6.45, 7) is 0. The van der Waals surface area contributed by atoms with E-state index in [1.165, 1.54) is 0 Å². The molecule has 0 saturated heterocycles. The highest BCUT2D eigenvalue weighted by Crippen LogP contribution is 2.15. The number of hydrogen-bond donors (Lipinski definition) is 2. The third kappa shape index (κ3) is 2.98. The molecule has 2 amide bonds. The van der Waals surface area contributed by atoms with E-state index >= 15 is 0 Å². The third-order valence-corrected chi connectivity index (χ3v) is 1.87. The maximum atomic E-state index is 10.9. The highest BCUT2D eigenvalue weighted by atomic mass is 16.2. The number of carbonyl (C=O) groups is 2. The summed E-state index contributed by atoms with van der Waals surface area (Å²) < 4.78 is 0. The summed E-state index contributed by atoms with van der Waals surface area (Å²) in [5, 5.41) is 2.38. The summed E-state index contributed by atoms with van der Waals surface area (Å²) >= 11 is 0. The zero-order chi connectivity index (χ0) is 11.4. The molecule has 0 radical (unpaired) electrons. The normalized spacial score (nSPS) is 9.47. The van der Waals surface area contributed by atoms with Crippen LogP contribution in [0.5, 0.6) is 0 Å². The van der Waals surface area contributed by atoms with Crippen molar-refractivity contribution in [1.82, 2.24) is 0 Å². The fourth-order valence-electron chi connectivity index (χ4n) is 1.04. The summed E-state index contributed by atoms with van der Waals surface area (Å²) in [7, 11) is 3.83. The van der Waals surface area contributed by atoms with Crippen molar-refractivity contribution >= 4 is 23.2 Å². The minimum atomic E-state index is -0.994. The van der Waals surface area contributed by atoms with Crippen molar-refractivity contribution in [3.8, 4) is 0 Å². The Labute approximate surface area is 87.9 Å². The van der Waals surface area contributed by atoms with Crippen LogP contribution in [0.1, 0.15) is 0 Å². The molecule has 0 aliphatic rings. The SMILES string of the molecule is CN(C)c1ccc(NC(=O)C(N)=O)cc1. The van der Waals surface area contributed by atoms with Crippen LogP contribution in [0, 0.1) is 0 Å². The second kappa shape index (κ2) is 4.45. The molecule has 0 spiro atoms. The van der Waals surface area contributed by atoms with Crippen LogP contribution < -0.4 is 16.0 Å². The summed E-state index contributed by atoms with van der Waals surface area (Å²) in [4.78, 5) is 23.3. The lowest BCUT2D eigenvalue weighted by Crippen LogP contribution is -2.29. The lowest BCUT2D eigenvalue weighted by molar-refractivity contribution is -0.134. The quantitative estimate of drug-likeness (QED) is 0.679. The van der Waals surface area contributed by atoms with E-state index in [-0.39, 0.29) is 0 Å². The molecule has 0 aliphatic carbocycles. The fourth-order valence-corrected chi connectivity index (χ4v) is 1.04. The van der Waals surface area contributed by atoms with Gasteiger partial charge in [0, 0.05) is 25.5 Å². The number of nitrogens with one attached hydrogen (secondary N) is 1. The first kappa shape index (κ1) is 11.0. The molecular weight excluding hydrogens is 194 g/mol. The number of primary amides is 1. The van der Waals surface area contributed by atoms with Gasteiger partial charge in [-0.05, 0) is 24.3 Å². The fraction of sp³-hybridized carbons (Fsp3) is 0.200. The number of rotatable bonds is 2. The molecule has 0 bridgehead atoms. The first-order valence-corrected chi connectivity index (χ1v) is 4.39. The van der Waals surface area contributed by atoms with Gasteiger partial charge in [0.2, 0.25) is 0 Å².